The SMILES string of the molecule is CCCNCCNCc1cc(Br)ccc1Cl. The first kappa shape index (κ1) is 14.0. The molecule has 0 saturated heterocycles. The van der Waals surface area contributed by atoms with Gasteiger partial charge in [-0.2, -0.15) is 0 Å². The Morgan fingerprint density at radius 1 is 1.19 bits per heavy atom. The minimum atomic E-state index is 0.812. The van der Waals surface area contributed by atoms with Crippen LogP contribution in [0.1, 0.15) is 18.9 Å². The molecule has 0 fully saturated rings. The van der Waals surface area contributed by atoms with Gasteiger partial charge in [0.25, 0.3) is 0 Å². The summed E-state index contributed by atoms with van der Waals surface area (Å²) in [6, 6.07) is 5.92. The van der Waals surface area contributed by atoms with E-state index >= 15 is 0 Å². The van der Waals surface area contributed by atoms with Crippen molar-refractivity contribution < 1.29 is 0 Å². The average molecular weight is 306 g/mol. The fourth-order valence-corrected chi connectivity index (χ4v) is 1.97. The summed E-state index contributed by atoms with van der Waals surface area (Å²) in [6.45, 7) is 6.02. The van der Waals surface area contributed by atoms with Gasteiger partial charge in [-0.05, 0) is 36.7 Å². The fourth-order valence-electron chi connectivity index (χ4n) is 1.38. The highest BCUT2D eigenvalue weighted by Gasteiger charge is 2.00. The van der Waals surface area contributed by atoms with E-state index in [2.05, 4.69) is 39.6 Å². The summed E-state index contributed by atoms with van der Waals surface area (Å²) in [5, 5.41) is 7.52. The Bertz CT molecular complexity index is 318. The second kappa shape index (κ2) is 8.07. The van der Waals surface area contributed by atoms with Crippen LogP contribution in [0.2, 0.25) is 5.02 Å². The average Bonchev–Trinajstić information content (AvgIpc) is 2.28. The Kier molecular flexibility index (Phi) is 7.05. The van der Waals surface area contributed by atoms with Crippen LogP contribution in [0.3, 0.4) is 0 Å². The summed E-state index contributed by atoms with van der Waals surface area (Å²) in [6.07, 6.45) is 1.18. The summed E-state index contributed by atoms with van der Waals surface area (Å²) < 4.78 is 1.07. The van der Waals surface area contributed by atoms with Crippen molar-refractivity contribution in [3.63, 3.8) is 0 Å². The highest BCUT2D eigenvalue weighted by molar-refractivity contribution is 9.10. The number of benzene rings is 1. The van der Waals surface area contributed by atoms with Crippen LogP contribution < -0.4 is 10.6 Å². The van der Waals surface area contributed by atoms with Gasteiger partial charge in [-0.25, -0.2) is 0 Å². The molecular formula is C12H18BrClN2. The lowest BCUT2D eigenvalue weighted by atomic mass is 10.2. The molecule has 0 radical (unpaired) electrons. The molecule has 0 heterocycles. The van der Waals surface area contributed by atoms with Crippen molar-refractivity contribution in [3.05, 3.63) is 33.3 Å². The Labute approximate surface area is 111 Å². The fraction of sp³-hybridized carbons (Fsp3) is 0.500. The molecule has 2 nitrogen and oxygen atoms in total. The van der Waals surface area contributed by atoms with E-state index in [9.17, 15) is 0 Å². The van der Waals surface area contributed by atoms with Crippen molar-refractivity contribution in [1.82, 2.24) is 10.6 Å². The summed E-state index contributed by atoms with van der Waals surface area (Å²) in [5.74, 6) is 0. The van der Waals surface area contributed by atoms with Crippen LogP contribution in [0.4, 0.5) is 0 Å². The molecule has 4 heteroatoms. The van der Waals surface area contributed by atoms with E-state index in [1.54, 1.807) is 0 Å². The van der Waals surface area contributed by atoms with Gasteiger partial charge in [-0.3, -0.25) is 0 Å². The molecule has 1 aromatic rings. The van der Waals surface area contributed by atoms with Gasteiger partial charge in [0, 0.05) is 29.1 Å². The van der Waals surface area contributed by atoms with E-state index in [1.165, 1.54) is 6.42 Å². The van der Waals surface area contributed by atoms with Gasteiger partial charge in [0.1, 0.15) is 0 Å². The zero-order valence-corrected chi connectivity index (χ0v) is 11.9. The maximum atomic E-state index is 6.08. The standard InChI is InChI=1S/C12H18BrClN2/c1-2-5-15-6-7-16-9-10-8-11(13)3-4-12(10)14/h3-4,8,15-16H,2,5-7,9H2,1H3. The molecule has 0 aliphatic carbocycles. The lowest BCUT2D eigenvalue weighted by Gasteiger charge is -2.07. The van der Waals surface area contributed by atoms with Gasteiger partial charge in [0.2, 0.25) is 0 Å². The first-order valence-electron chi connectivity index (χ1n) is 5.59. The van der Waals surface area contributed by atoms with Crippen molar-refractivity contribution in [2.24, 2.45) is 0 Å². The number of rotatable bonds is 7. The van der Waals surface area contributed by atoms with E-state index in [0.717, 1.165) is 41.2 Å². The zero-order chi connectivity index (χ0) is 11.8. The summed E-state index contributed by atoms with van der Waals surface area (Å²) in [5.41, 5.74) is 1.13. The van der Waals surface area contributed by atoms with Crippen molar-refractivity contribution in [2.45, 2.75) is 19.9 Å². The molecule has 0 aliphatic heterocycles. The van der Waals surface area contributed by atoms with Gasteiger partial charge in [0.15, 0.2) is 0 Å². The molecule has 2 N–H and O–H groups in total. The van der Waals surface area contributed by atoms with Crippen LogP contribution in [0, 0.1) is 0 Å². The summed E-state index contributed by atoms with van der Waals surface area (Å²) in [4.78, 5) is 0. The Hall–Kier alpha value is -0.0900. The van der Waals surface area contributed by atoms with Crippen molar-refractivity contribution >= 4 is 27.5 Å². The largest absolute Gasteiger partial charge is 0.315 e. The lowest BCUT2D eigenvalue weighted by Crippen LogP contribution is -2.27. The summed E-state index contributed by atoms with van der Waals surface area (Å²) in [7, 11) is 0. The predicted molar refractivity (Wildman–Crippen MR) is 74.0 cm³/mol. The van der Waals surface area contributed by atoms with Crippen LogP contribution >= 0.6 is 27.5 Å². The summed E-state index contributed by atoms with van der Waals surface area (Å²) >= 11 is 9.52. The molecular weight excluding hydrogens is 288 g/mol. The second-order valence-corrected chi connectivity index (χ2v) is 4.99. The first-order valence-corrected chi connectivity index (χ1v) is 6.76. The molecule has 0 aliphatic rings. The third kappa shape index (κ3) is 5.30. The molecule has 1 aromatic carbocycles. The third-order valence-corrected chi connectivity index (χ3v) is 3.09. The molecule has 0 atom stereocenters. The maximum Gasteiger partial charge on any atom is 0.0451 e. The molecule has 0 amide bonds. The smallest absolute Gasteiger partial charge is 0.0451 e. The van der Waals surface area contributed by atoms with Crippen LogP contribution in [0.15, 0.2) is 22.7 Å². The normalized spacial score (nSPS) is 10.7. The minimum Gasteiger partial charge on any atom is -0.315 e. The topological polar surface area (TPSA) is 24.1 Å². The van der Waals surface area contributed by atoms with E-state index in [4.69, 9.17) is 11.6 Å². The highest BCUT2D eigenvalue weighted by atomic mass is 79.9. The van der Waals surface area contributed by atoms with Gasteiger partial charge in [0.05, 0.1) is 0 Å². The second-order valence-electron chi connectivity index (χ2n) is 3.66. The molecule has 16 heavy (non-hydrogen) atoms. The predicted octanol–water partition coefficient (Wildman–Crippen LogP) is 3.19. The molecule has 1 rings (SSSR count). The Morgan fingerprint density at radius 3 is 2.69 bits per heavy atom. The van der Waals surface area contributed by atoms with Crippen LogP contribution in [0.5, 0.6) is 0 Å². The van der Waals surface area contributed by atoms with Crippen LogP contribution in [-0.2, 0) is 6.54 Å². The van der Waals surface area contributed by atoms with Crippen molar-refractivity contribution in [3.8, 4) is 0 Å². The van der Waals surface area contributed by atoms with E-state index < -0.39 is 0 Å². The molecule has 0 unspecified atom stereocenters. The quantitative estimate of drug-likeness (QED) is 0.756. The Balaban J connectivity index is 2.23. The molecule has 90 valence electrons. The number of nitrogens with one attached hydrogen (secondary N) is 2. The Morgan fingerprint density at radius 2 is 1.94 bits per heavy atom. The molecule has 0 spiro atoms. The number of halogens is 2. The number of hydrogen-bond donors (Lipinski definition) is 2. The zero-order valence-electron chi connectivity index (χ0n) is 9.52. The van der Waals surface area contributed by atoms with Crippen molar-refractivity contribution in [2.75, 3.05) is 19.6 Å². The molecule has 0 bridgehead atoms. The maximum absolute atomic E-state index is 6.08. The van der Waals surface area contributed by atoms with Gasteiger partial charge in [-0.1, -0.05) is 34.5 Å². The van der Waals surface area contributed by atoms with Crippen LogP contribution in [0.25, 0.3) is 0 Å². The third-order valence-electron chi connectivity index (χ3n) is 2.23. The highest BCUT2D eigenvalue weighted by Crippen LogP contribution is 2.20. The van der Waals surface area contributed by atoms with E-state index in [0.29, 0.717) is 0 Å². The van der Waals surface area contributed by atoms with Gasteiger partial charge < -0.3 is 10.6 Å². The first-order chi connectivity index (χ1) is 7.74. The van der Waals surface area contributed by atoms with Crippen LogP contribution in [-0.4, -0.2) is 19.6 Å². The lowest BCUT2D eigenvalue weighted by molar-refractivity contribution is 0.607. The van der Waals surface area contributed by atoms with Gasteiger partial charge >= 0.3 is 0 Å². The monoisotopic (exact) mass is 304 g/mol. The van der Waals surface area contributed by atoms with E-state index in [-0.39, 0.29) is 0 Å². The minimum absolute atomic E-state index is 0.812. The molecule has 0 saturated carbocycles. The van der Waals surface area contributed by atoms with E-state index in [1.807, 2.05) is 12.1 Å². The number of hydrogen-bond acceptors (Lipinski definition) is 2. The van der Waals surface area contributed by atoms with Gasteiger partial charge in [-0.15, -0.1) is 0 Å². The molecule has 0 aromatic heterocycles. The van der Waals surface area contributed by atoms with Crippen molar-refractivity contribution in [1.29, 1.82) is 0 Å².